The monoisotopic (exact) mass is 354 g/mol. The smallest absolute Gasteiger partial charge is 0.193 e. The van der Waals surface area contributed by atoms with Gasteiger partial charge < -0.3 is 16.0 Å². The minimum Gasteiger partial charge on any atom is -0.370 e. The molecule has 0 unspecified atom stereocenters. The number of hydrogen-bond acceptors (Lipinski definition) is 3. The molecule has 1 saturated heterocycles. The van der Waals surface area contributed by atoms with Gasteiger partial charge in [0.1, 0.15) is 0 Å². The van der Waals surface area contributed by atoms with Gasteiger partial charge in [-0.1, -0.05) is 18.2 Å². The van der Waals surface area contributed by atoms with Gasteiger partial charge in [0.25, 0.3) is 0 Å². The third-order valence-corrected chi connectivity index (χ3v) is 5.47. The van der Waals surface area contributed by atoms with Crippen LogP contribution < -0.4 is 16.0 Å². The zero-order valence-electron chi connectivity index (χ0n) is 15.0. The summed E-state index contributed by atoms with van der Waals surface area (Å²) in [6.07, 6.45) is 0. The van der Waals surface area contributed by atoms with Crippen molar-refractivity contribution in [2.45, 2.75) is 20.4 Å². The first-order valence-corrected chi connectivity index (χ1v) is 9.83. The topological polar surface area (TPSA) is 53.6 Å². The lowest BCUT2D eigenvalue weighted by Crippen LogP contribution is -2.32. The largest absolute Gasteiger partial charge is 0.370 e. The molecule has 1 aliphatic heterocycles. The Hall–Kier alpha value is -2.14. The second-order valence-electron chi connectivity index (χ2n) is 6.39. The quantitative estimate of drug-likeness (QED) is 0.648. The fourth-order valence-electron chi connectivity index (χ4n) is 2.82. The minimum atomic E-state index is 0.445. The molecule has 3 rings (SSSR count). The molecular weight excluding hydrogens is 328 g/mol. The van der Waals surface area contributed by atoms with Crippen molar-refractivity contribution in [3.63, 3.8) is 0 Å². The summed E-state index contributed by atoms with van der Waals surface area (Å²) in [5.41, 5.74) is 12.0. The van der Waals surface area contributed by atoms with Gasteiger partial charge in [-0.15, -0.1) is 0 Å². The summed E-state index contributed by atoms with van der Waals surface area (Å²) in [6, 6.07) is 14.9. The summed E-state index contributed by atoms with van der Waals surface area (Å²) in [4.78, 5) is 6.89. The molecule has 0 aromatic heterocycles. The summed E-state index contributed by atoms with van der Waals surface area (Å²) < 4.78 is 0. The first kappa shape index (κ1) is 17.7. The van der Waals surface area contributed by atoms with E-state index in [2.05, 4.69) is 65.5 Å². The van der Waals surface area contributed by atoms with Crippen molar-refractivity contribution >= 4 is 29.1 Å². The molecular formula is C20H26N4S. The van der Waals surface area contributed by atoms with E-state index < -0.39 is 0 Å². The van der Waals surface area contributed by atoms with Crippen LogP contribution in [0, 0.1) is 13.8 Å². The van der Waals surface area contributed by atoms with Crippen molar-refractivity contribution in [3.8, 4) is 0 Å². The molecule has 132 valence electrons. The number of hydrogen-bond donors (Lipinski definition) is 2. The third-order valence-electron chi connectivity index (χ3n) is 4.52. The van der Waals surface area contributed by atoms with Crippen LogP contribution >= 0.6 is 11.8 Å². The highest BCUT2D eigenvalue weighted by Gasteiger charge is 2.10. The van der Waals surface area contributed by atoms with E-state index in [4.69, 9.17) is 5.73 Å². The molecule has 25 heavy (non-hydrogen) atoms. The second-order valence-corrected chi connectivity index (χ2v) is 7.62. The SMILES string of the molecule is Cc1ccc(NC(N)=NCc2ccc(N3CCSCC3)cc2)cc1C. The van der Waals surface area contributed by atoms with E-state index in [0.717, 1.165) is 18.8 Å². The number of aliphatic imine (C=N–C) groups is 1. The molecule has 1 aliphatic rings. The van der Waals surface area contributed by atoms with Gasteiger partial charge in [-0.25, -0.2) is 4.99 Å². The minimum absolute atomic E-state index is 0.445. The van der Waals surface area contributed by atoms with Gasteiger partial charge in [-0.3, -0.25) is 0 Å². The lowest BCUT2D eigenvalue weighted by atomic mass is 10.1. The summed E-state index contributed by atoms with van der Waals surface area (Å²) in [5, 5.41) is 3.16. The summed E-state index contributed by atoms with van der Waals surface area (Å²) in [7, 11) is 0. The summed E-state index contributed by atoms with van der Waals surface area (Å²) >= 11 is 2.03. The van der Waals surface area contributed by atoms with E-state index >= 15 is 0 Å². The molecule has 1 heterocycles. The summed E-state index contributed by atoms with van der Waals surface area (Å²) in [6.45, 7) is 7.04. The Balaban J connectivity index is 1.57. The highest BCUT2D eigenvalue weighted by atomic mass is 32.2. The zero-order chi connectivity index (χ0) is 17.6. The summed E-state index contributed by atoms with van der Waals surface area (Å²) in [5.74, 6) is 2.87. The maximum absolute atomic E-state index is 6.02. The van der Waals surface area contributed by atoms with Crippen LogP contribution in [0.1, 0.15) is 16.7 Å². The van der Waals surface area contributed by atoms with Gasteiger partial charge >= 0.3 is 0 Å². The number of aryl methyl sites for hydroxylation is 2. The molecule has 5 heteroatoms. The first-order valence-electron chi connectivity index (χ1n) is 8.67. The van der Waals surface area contributed by atoms with E-state index in [-0.39, 0.29) is 0 Å². The lowest BCUT2D eigenvalue weighted by Gasteiger charge is -2.28. The molecule has 2 aromatic rings. The van der Waals surface area contributed by atoms with Gasteiger partial charge in [0.15, 0.2) is 5.96 Å². The fraction of sp³-hybridized carbons (Fsp3) is 0.350. The van der Waals surface area contributed by atoms with E-state index in [1.807, 2.05) is 17.8 Å². The van der Waals surface area contributed by atoms with Crippen molar-refractivity contribution in [3.05, 3.63) is 59.2 Å². The number of guanidine groups is 1. The number of nitrogens with one attached hydrogen (secondary N) is 1. The maximum Gasteiger partial charge on any atom is 0.193 e. The first-order chi connectivity index (χ1) is 12.1. The zero-order valence-corrected chi connectivity index (χ0v) is 15.8. The number of benzene rings is 2. The second kappa shape index (κ2) is 8.30. The van der Waals surface area contributed by atoms with E-state index in [1.165, 1.54) is 33.9 Å². The van der Waals surface area contributed by atoms with Crippen LogP contribution in [0.4, 0.5) is 11.4 Å². The van der Waals surface area contributed by atoms with Crippen LogP contribution in [0.5, 0.6) is 0 Å². The number of thioether (sulfide) groups is 1. The molecule has 1 fully saturated rings. The normalized spacial score (nSPS) is 15.3. The number of nitrogens with zero attached hydrogens (tertiary/aromatic N) is 2. The molecule has 0 bridgehead atoms. The van der Waals surface area contributed by atoms with Gasteiger partial charge in [-0.2, -0.15) is 11.8 Å². The molecule has 0 radical (unpaired) electrons. The van der Waals surface area contributed by atoms with Crippen molar-refractivity contribution in [2.24, 2.45) is 10.7 Å². The van der Waals surface area contributed by atoms with Crippen LogP contribution in [-0.4, -0.2) is 30.6 Å². The van der Waals surface area contributed by atoms with Crippen molar-refractivity contribution < 1.29 is 0 Å². The standard InChI is InChI=1S/C20H26N4S/c1-15-3-6-18(13-16(15)2)23-20(21)22-14-17-4-7-19(8-5-17)24-9-11-25-12-10-24/h3-8,13H,9-12,14H2,1-2H3,(H3,21,22,23). The van der Waals surface area contributed by atoms with Crippen LogP contribution in [0.3, 0.4) is 0 Å². The molecule has 0 spiro atoms. The highest BCUT2D eigenvalue weighted by molar-refractivity contribution is 7.99. The van der Waals surface area contributed by atoms with Crippen LogP contribution in [0.2, 0.25) is 0 Å². The molecule has 0 saturated carbocycles. The van der Waals surface area contributed by atoms with Crippen LogP contribution in [0.25, 0.3) is 0 Å². The average molecular weight is 355 g/mol. The number of anilines is 2. The van der Waals surface area contributed by atoms with Gasteiger partial charge in [0.2, 0.25) is 0 Å². The Kier molecular flexibility index (Phi) is 5.87. The van der Waals surface area contributed by atoms with E-state index in [1.54, 1.807) is 0 Å². The number of rotatable bonds is 4. The van der Waals surface area contributed by atoms with Crippen molar-refractivity contribution in [2.75, 3.05) is 34.8 Å². The Morgan fingerprint density at radius 1 is 1.08 bits per heavy atom. The molecule has 0 atom stereocenters. The molecule has 0 amide bonds. The van der Waals surface area contributed by atoms with Gasteiger partial charge in [0.05, 0.1) is 6.54 Å². The Morgan fingerprint density at radius 2 is 1.80 bits per heavy atom. The van der Waals surface area contributed by atoms with E-state index in [9.17, 15) is 0 Å². The number of nitrogens with two attached hydrogens (primary N) is 1. The molecule has 2 aromatic carbocycles. The molecule has 4 nitrogen and oxygen atoms in total. The molecule has 0 aliphatic carbocycles. The van der Waals surface area contributed by atoms with Crippen LogP contribution in [-0.2, 0) is 6.54 Å². The Morgan fingerprint density at radius 3 is 2.48 bits per heavy atom. The lowest BCUT2D eigenvalue weighted by molar-refractivity contribution is 0.858. The average Bonchev–Trinajstić information content (AvgIpc) is 2.64. The van der Waals surface area contributed by atoms with Crippen molar-refractivity contribution in [1.82, 2.24) is 0 Å². The fourth-order valence-corrected chi connectivity index (χ4v) is 3.72. The van der Waals surface area contributed by atoms with Crippen LogP contribution in [0.15, 0.2) is 47.5 Å². The Labute approximate surface area is 154 Å². The predicted octanol–water partition coefficient (Wildman–Crippen LogP) is 3.78. The predicted molar refractivity (Wildman–Crippen MR) is 111 cm³/mol. The van der Waals surface area contributed by atoms with Gasteiger partial charge in [0, 0.05) is 36.0 Å². The molecule has 3 N–H and O–H groups in total. The van der Waals surface area contributed by atoms with Crippen molar-refractivity contribution in [1.29, 1.82) is 0 Å². The third kappa shape index (κ3) is 4.92. The highest BCUT2D eigenvalue weighted by Crippen LogP contribution is 2.20. The Bertz CT molecular complexity index is 734. The maximum atomic E-state index is 6.02. The van der Waals surface area contributed by atoms with E-state index in [0.29, 0.717) is 12.5 Å². The van der Waals surface area contributed by atoms with Gasteiger partial charge in [-0.05, 0) is 54.8 Å².